The Morgan fingerprint density at radius 3 is 2.44 bits per heavy atom. The van der Waals surface area contributed by atoms with E-state index >= 15 is 0 Å². The molecule has 45 heavy (non-hydrogen) atoms. The van der Waals surface area contributed by atoms with Gasteiger partial charge in [0.05, 0.1) is 49.3 Å². The second-order valence-electron chi connectivity index (χ2n) is 10.00. The van der Waals surface area contributed by atoms with Gasteiger partial charge in [-0.3, -0.25) is 9.36 Å². The molecule has 5 rings (SSSR count). The van der Waals surface area contributed by atoms with Gasteiger partial charge >= 0.3 is 5.97 Å². The highest BCUT2D eigenvalue weighted by Gasteiger charge is 2.35. The summed E-state index contributed by atoms with van der Waals surface area (Å²) in [7, 11) is 3.07. The highest BCUT2D eigenvalue weighted by Crippen LogP contribution is 2.38. The maximum absolute atomic E-state index is 14.3. The number of allylic oxidation sites excluding steroid dienone is 1. The predicted octanol–water partition coefficient (Wildman–Crippen LogP) is 4.79. The summed E-state index contributed by atoms with van der Waals surface area (Å²) < 4.78 is 24.2. The van der Waals surface area contributed by atoms with Crippen molar-refractivity contribution in [3.8, 4) is 23.0 Å². The number of phenols is 1. The Hall–Kier alpha value is -5.09. The molecule has 2 heterocycles. The lowest BCUT2D eigenvalue weighted by atomic mass is 9.93. The van der Waals surface area contributed by atoms with Gasteiger partial charge in [0, 0.05) is 11.1 Å². The molecule has 4 aromatic rings. The SMILES string of the molecule is C=CCc1cc(/C=c2/sc3n(c2=O)[C@@H](c2ccc(OC)c(OC)c2)C(C(=O)OCC)=C(c2ccccc2)N=3)cc(OCC)c1O. The van der Waals surface area contributed by atoms with E-state index in [0.29, 0.717) is 67.6 Å². The van der Waals surface area contributed by atoms with Gasteiger partial charge in [0.25, 0.3) is 5.56 Å². The molecule has 1 N–H and O–H groups in total. The fraction of sp³-hybridized carbons (Fsp3) is 0.229. The third-order valence-electron chi connectivity index (χ3n) is 7.24. The third kappa shape index (κ3) is 6.14. The zero-order chi connectivity index (χ0) is 32.1. The van der Waals surface area contributed by atoms with Crippen LogP contribution in [0, 0.1) is 0 Å². The molecule has 0 saturated heterocycles. The van der Waals surface area contributed by atoms with Crippen LogP contribution in [0.4, 0.5) is 0 Å². The van der Waals surface area contributed by atoms with Crippen molar-refractivity contribution < 1.29 is 28.8 Å². The number of aromatic nitrogens is 1. The Bertz CT molecular complexity index is 1960. The lowest BCUT2D eigenvalue weighted by Gasteiger charge is -2.26. The number of carbonyl (C=O) groups is 1. The normalized spacial score (nSPS) is 14.4. The number of rotatable bonds is 11. The van der Waals surface area contributed by atoms with Gasteiger partial charge in [0.1, 0.15) is 0 Å². The maximum Gasteiger partial charge on any atom is 0.338 e. The maximum atomic E-state index is 14.3. The number of esters is 1. The van der Waals surface area contributed by atoms with Gasteiger partial charge < -0.3 is 24.1 Å². The molecule has 3 aromatic carbocycles. The molecular formula is C35H34N2O7S. The number of carbonyl (C=O) groups excluding carboxylic acids is 1. The number of thiazole rings is 1. The highest BCUT2D eigenvalue weighted by molar-refractivity contribution is 7.07. The fourth-order valence-electron chi connectivity index (χ4n) is 5.28. The van der Waals surface area contributed by atoms with Crippen molar-refractivity contribution >= 4 is 29.1 Å². The van der Waals surface area contributed by atoms with Crippen LogP contribution in [-0.4, -0.2) is 43.1 Å². The summed E-state index contributed by atoms with van der Waals surface area (Å²) in [6, 6.07) is 17.2. The molecule has 10 heteroatoms. The van der Waals surface area contributed by atoms with E-state index in [-0.39, 0.29) is 23.5 Å². The quantitative estimate of drug-likeness (QED) is 0.189. The van der Waals surface area contributed by atoms with Crippen LogP contribution in [0.5, 0.6) is 23.0 Å². The number of methoxy groups -OCH3 is 2. The van der Waals surface area contributed by atoms with E-state index in [1.54, 1.807) is 56.5 Å². The number of nitrogens with zero attached hydrogens (tertiary/aromatic N) is 2. The van der Waals surface area contributed by atoms with E-state index < -0.39 is 12.0 Å². The van der Waals surface area contributed by atoms with Gasteiger partial charge in [-0.2, -0.15) is 0 Å². The molecule has 0 aliphatic carbocycles. The van der Waals surface area contributed by atoms with Crippen molar-refractivity contribution in [2.45, 2.75) is 26.3 Å². The Morgan fingerprint density at radius 1 is 1.02 bits per heavy atom. The molecule has 0 fully saturated rings. The topological polar surface area (TPSA) is 109 Å². The zero-order valence-electron chi connectivity index (χ0n) is 25.5. The number of fused-ring (bicyclic) bond motifs is 1. The van der Waals surface area contributed by atoms with Crippen molar-refractivity contribution in [3.05, 3.63) is 121 Å². The number of phenolic OH excluding ortho intramolecular Hbond substituents is 1. The molecule has 9 nitrogen and oxygen atoms in total. The van der Waals surface area contributed by atoms with Gasteiger partial charge in [-0.1, -0.05) is 53.8 Å². The molecule has 0 saturated carbocycles. The molecule has 1 aliphatic rings. The first kappa shape index (κ1) is 31.3. The molecular weight excluding hydrogens is 592 g/mol. The van der Waals surface area contributed by atoms with Gasteiger partial charge in [-0.15, -0.1) is 6.58 Å². The van der Waals surface area contributed by atoms with Crippen LogP contribution in [0.1, 0.15) is 42.1 Å². The van der Waals surface area contributed by atoms with E-state index in [4.69, 9.17) is 23.9 Å². The van der Waals surface area contributed by atoms with Gasteiger partial charge in [-0.05, 0) is 61.7 Å². The molecule has 0 amide bonds. The third-order valence-corrected chi connectivity index (χ3v) is 8.22. The van der Waals surface area contributed by atoms with Crippen LogP contribution in [0.15, 0.2) is 88.7 Å². The second-order valence-corrected chi connectivity index (χ2v) is 11.0. The lowest BCUT2D eigenvalue weighted by molar-refractivity contribution is -0.138. The Morgan fingerprint density at radius 2 is 1.78 bits per heavy atom. The van der Waals surface area contributed by atoms with Crippen LogP contribution in [-0.2, 0) is 16.0 Å². The first-order valence-corrected chi connectivity index (χ1v) is 15.3. The predicted molar refractivity (Wildman–Crippen MR) is 174 cm³/mol. The van der Waals surface area contributed by atoms with Crippen LogP contribution in [0.25, 0.3) is 11.8 Å². The monoisotopic (exact) mass is 626 g/mol. The van der Waals surface area contributed by atoms with E-state index in [1.807, 2.05) is 37.3 Å². The number of aromatic hydroxyl groups is 1. The Balaban J connectivity index is 1.82. The number of hydrogen-bond acceptors (Lipinski definition) is 9. The molecule has 0 unspecified atom stereocenters. The molecule has 0 spiro atoms. The largest absolute Gasteiger partial charge is 0.504 e. The average molecular weight is 627 g/mol. The Kier molecular flexibility index (Phi) is 9.53. The van der Waals surface area contributed by atoms with Crippen molar-refractivity contribution in [2.24, 2.45) is 4.99 Å². The first-order valence-electron chi connectivity index (χ1n) is 14.4. The van der Waals surface area contributed by atoms with Gasteiger partial charge in [-0.25, -0.2) is 9.79 Å². The minimum absolute atomic E-state index is 0.0374. The van der Waals surface area contributed by atoms with E-state index in [2.05, 4.69) is 6.58 Å². The summed E-state index contributed by atoms with van der Waals surface area (Å²) in [5.74, 6) is 0.723. The van der Waals surface area contributed by atoms with Crippen molar-refractivity contribution in [1.29, 1.82) is 0 Å². The van der Waals surface area contributed by atoms with Crippen LogP contribution >= 0.6 is 11.3 Å². The second kappa shape index (κ2) is 13.7. The van der Waals surface area contributed by atoms with Crippen LogP contribution in [0.3, 0.4) is 0 Å². The molecule has 0 radical (unpaired) electrons. The van der Waals surface area contributed by atoms with Gasteiger partial charge in [0.2, 0.25) is 0 Å². The van der Waals surface area contributed by atoms with Crippen LogP contribution in [0.2, 0.25) is 0 Å². The van der Waals surface area contributed by atoms with E-state index in [0.717, 1.165) is 0 Å². The minimum atomic E-state index is -0.882. The smallest absolute Gasteiger partial charge is 0.338 e. The Labute approximate surface area is 264 Å². The summed E-state index contributed by atoms with van der Waals surface area (Å²) in [5.41, 5.74) is 2.90. The summed E-state index contributed by atoms with van der Waals surface area (Å²) in [5, 5.41) is 10.7. The van der Waals surface area contributed by atoms with Crippen molar-refractivity contribution in [1.82, 2.24) is 4.57 Å². The molecule has 232 valence electrons. The summed E-state index contributed by atoms with van der Waals surface area (Å²) in [6.45, 7) is 7.85. The highest BCUT2D eigenvalue weighted by atomic mass is 32.1. The van der Waals surface area contributed by atoms with Gasteiger partial charge in [0.15, 0.2) is 27.8 Å². The summed E-state index contributed by atoms with van der Waals surface area (Å²) in [4.78, 5) is 33.3. The molecule has 1 aliphatic heterocycles. The summed E-state index contributed by atoms with van der Waals surface area (Å²) >= 11 is 1.20. The van der Waals surface area contributed by atoms with E-state index in [9.17, 15) is 14.7 Å². The fourth-order valence-corrected chi connectivity index (χ4v) is 6.28. The van der Waals surface area contributed by atoms with Crippen LogP contribution < -0.4 is 29.1 Å². The standard InChI is InChI=1S/C35H34N2O7S/c1-6-12-24-17-21(18-27(32(24)38)43-7-2)19-28-33(39)37-31(23-15-16-25(41-4)26(20-23)42-5)29(34(40)44-8-3)30(36-35(37)45-28)22-13-10-9-11-14-22/h6,9-11,13-20,31,38H,1,7-8,12H2,2-5H3/b28-19+/t31-/m0/s1. The zero-order valence-corrected chi connectivity index (χ0v) is 26.3. The number of hydrogen-bond donors (Lipinski definition) is 1. The van der Waals surface area contributed by atoms with E-state index in [1.165, 1.54) is 23.0 Å². The van der Waals surface area contributed by atoms with Crippen molar-refractivity contribution in [2.75, 3.05) is 27.4 Å². The molecule has 1 aromatic heterocycles. The minimum Gasteiger partial charge on any atom is -0.504 e. The van der Waals surface area contributed by atoms with Crippen molar-refractivity contribution in [3.63, 3.8) is 0 Å². The average Bonchev–Trinajstić information content (AvgIpc) is 3.36. The number of benzene rings is 3. The number of ether oxygens (including phenoxy) is 4. The lowest BCUT2D eigenvalue weighted by Crippen LogP contribution is -2.40. The molecule has 1 atom stereocenters. The first-order chi connectivity index (χ1) is 21.8. The molecule has 0 bridgehead atoms. The summed E-state index contributed by atoms with van der Waals surface area (Å²) in [6.07, 6.45) is 3.84.